The lowest BCUT2D eigenvalue weighted by Crippen LogP contribution is -2.21. The van der Waals surface area contributed by atoms with Crippen LogP contribution >= 0.6 is 0 Å². The van der Waals surface area contributed by atoms with Gasteiger partial charge in [0.1, 0.15) is 36.1 Å². The number of rotatable bonds is 7. The molecule has 4 rings (SSSR count). The van der Waals surface area contributed by atoms with Gasteiger partial charge in [-0.15, -0.1) is 0 Å². The van der Waals surface area contributed by atoms with Crippen LogP contribution in [0.25, 0.3) is 22.6 Å². The summed E-state index contributed by atoms with van der Waals surface area (Å²) in [4.78, 5) is 21.1. The number of carboxylic acids is 1. The third-order valence-corrected chi connectivity index (χ3v) is 4.64. The van der Waals surface area contributed by atoms with Gasteiger partial charge in [-0.2, -0.15) is 13.2 Å². The van der Waals surface area contributed by atoms with E-state index in [1.165, 1.54) is 5.57 Å². The maximum atomic E-state index is 10.6. The van der Waals surface area contributed by atoms with Crippen molar-refractivity contribution in [2.24, 2.45) is 0 Å². The van der Waals surface area contributed by atoms with Gasteiger partial charge in [0.2, 0.25) is 0 Å². The largest absolute Gasteiger partial charge is 0.490 e. The van der Waals surface area contributed by atoms with Gasteiger partial charge in [0.15, 0.2) is 5.65 Å². The van der Waals surface area contributed by atoms with Crippen LogP contribution in [0.2, 0.25) is 0 Å². The summed E-state index contributed by atoms with van der Waals surface area (Å²) < 4.78 is 43.7. The summed E-state index contributed by atoms with van der Waals surface area (Å²) in [5, 5.41) is 7.12. The van der Waals surface area contributed by atoms with E-state index in [9.17, 15) is 13.2 Å². The highest BCUT2D eigenvalue weighted by molar-refractivity contribution is 5.76. The minimum atomic E-state index is -5.08. The van der Waals surface area contributed by atoms with E-state index >= 15 is 0 Å². The molecule has 0 fully saturated rings. The van der Waals surface area contributed by atoms with Crippen LogP contribution in [0.5, 0.6) is 11.5 Å². The van der Waals surface area contributed by atoms with Crippen LogP contribution in [0.15, 0.2) is 78.5 Å². The van der Waals surface area contributed by atoms with Crippen LogP contribution in [0, 0.1) is 0 Å². The molecule has 2 N–H and O–H groups in total. The average molecular weight is 499 g/mol. The first kappa shape index (κ1) is 26.3. The first-order valence-electron chi connectivity index (χ1n) is 10.8. The summed E-state index contributed by atoms with van der Waals surface area (Å²) in [7, 11) is 0. The number of carbonyl (C=O) groups is 1. The van der Waals surface area contributed by atoms with Gasteiger partial charge in [-0.05, 0) is 49.8 Å². The highest BCUT2D eigenvalue weighted by Gasteiger charge is 2.38. The van der Waals surface area contributed by atoms with Crippen LogP contribution in [-0.2, 0) is 11.4 Å². The molecule has 10 heteroatoms. The van der Waals surface area contributed by atoms with Gasteiger partial charge in [0.25, 0.3) is 0 Å². The van der Waals surface area contributed by atoms with Gasteiger partial charge in [0.05, 0.1) is 0 Å². The van der Waals surface area contributed by atoms with Crippen molar-refractivity contribution < 1.29 is 32.5 Å². The number of aliphatic carboxylic acids is 1. The summed E-state index contributed by atoms with van der Waals surface area (Å²) in [6.45, 7) is 5.09. The number of allylic oxidation sites excluding steroid dienone is 1. The maximum Gasteiger partial charge on any atom is 0.490 e. The zero-order chi connectivity index (χ0) is 26.1. The zero-order valence-corrected chi connectivity index (χ0v) is 19.5. The molecular weight excluding hydrogens is 475 g/mol. The fourth-order valence-electron chi connectivity index (χ4n) is 2.90. The Morgan fingerprint density at radius 1 is 1.03 bits per heavy atom. The van der Waals surface area contributed by atoms with E-state index in [0.717, 1.165) is 39.6 Å². The van der Waals surface area contributed by atoms with Crippen LogP contribution in [0.1, 0.15) is 19.4 Å². The minimum Gasteiger partial charge on any atom is -0.489 e. The summed E-state index contributed by atoms with van der Waals surface area (Å²) in [5.41, 5.74) is 4.79. The number of halogens is 3. The molecule has 36 heavy (non-hydrogen) atoms. The third kappa shape index (κ3) is 7.86. The van der Waals surface area contributed by atoms with Crippen molar-refractivity contribution in [1.29, 1.82) is 0 Å². The van der Waals surface area contributed by atoms with Crippen LogP contribution in [-0.4, -0.2) is 38.8 Å². The van der Waals surface area contributed by atoms with Crippen LogP contribution in [0.4, 0.5) is 13.2 Å². The first-order chi connectivity index (χ1) is 17.1. The van der Waals surface area contributed by atoms with Crippen molar-refractivity contribution in [1.82, 2.24) is 15.0 Å². The number of fused-ring (bicyclic) bond motifs is 1. The normalized spacial score (nSPS) is 10.8. The number of alkyl halides is 3. The van der Waals surface area contributed by atoms with E-state index in [1.807, 2.05) is 66.7 Å². The number of hydrogen-bond acceptors (Lipinski definition) is 5. The summed E-state index contributed by atoms with van der Waals surface area (Å²) in [6, 6.07) is 19.7. The standard InChI is InChI=1S/C24H23N3O2.C2HF3O2/c1-17(2)10-12-28-20-13-19(23-26-22-9-6-11-25-24(22)27-23)14-21(15-20)29-16-18-7-4-3-5-8-18;3-2(4,5)1(6)7/h3-11,13-15H,12,16H2,1-2H3,(H,25,26,27);(H,6,7). The Morgan fingerprint density at radius 2 is 1.69 bits per heavy atom. The second-order valence-electron chi connectivity index (χ2n) is 7.82. The van der Waals surface area contributed by atoms with Crippen molar-refractivity contribution >= 4 is 17.1 Å². The number of pyridine rings is 1. The number of nitrogens with zero attached hydrogens (tertiary/aromatic N) is 2. The highest BCUT2D eigenvalue weighted by Crippen LogP contribution is 2.30. The molecule has 2 aromatic carbocycles. The molecule has 0 amide bonds. The SMILES string of the molecule is CC(C)=CCOc1cc(OCc2ccccc2)cc(-c2nc3cccnc3[nH]2)c1.O=C(O)C(F)(F)F. The van der Waals surface area contributed by atoms with E-state index in [4.69, 9.17) is 19.4 Å². The molecule has 0 aliphatic heterocycles. The second-order valence-corrected chi connectivity index (χ2v) is 7.82. The lowest BCUT2D eigenvalue weighted by Gasteiger charge is -2.11. The quantitative estimate of drug-likeness (QED) is 0.295. The van der Waals surface area contributed by atoms with Gasteiger partial charge < -0.3 is 19.6 Å². The zero-order valence-electron chi connectivity index (χ0n) is 19.5. The molecule has 0 unspecified atom stereocenters. The van der Waals surface area contributed by atoms with Gasteiger partial charge in [-0.25, -0.2) is 14.8 Å². The fraction of sp³-hybridized carbons (Fsp3) is 0.192. The predicted octanol–water partition coefficient (Wildman–Crippen LogP) is 6.18. The second kappa shape index (κ2) is 11.9. The Hall–Kier alpha value is -4.34. The Balaban J connectivity index is 0.000000454. The number of aromatic nitrogens is 3. The average Bonchev–Trinajstić information content (AvgIpc) is 3.27. The van der Waals surface area contributed by atoms with Gasteiger partial charge in [-0.1, -0.05) is 35.9 Å². The lowest BCUT2D eigenvalue weighted by molar-refractivity contribution is -0.192. The molecule has 4 aromatic rings. The number of hydrogen-bond donors (Lipinski definition) is 2. The van der Waals surface area contributed by atoms with Crippen molar-refractivity contribution in [3.8, 4) is 22.9 Å². The molecule has 2 heterocycles. The smallest absolute Gasteiger partial charge is 0.489 e. The molecule has 2 aromatic heterocycles. The molecule has 0 bridgehead atoms. The summed E-state index contributed by atoms with van der Waals surface area (Å²) in [5.74, 6) is -0.563. The van der Waals surface area contributed by atoms with Gasteiger partial charge >= 0.3 is 12.1 Å². The van der Waals surface area contributed by atoms with Crippen LogP contribution < -0.4 is 9.47 Å². The van der Waals surface area contributed by atoms with Gasteiger partial charge in [0, 0.05) is 17.8 Å². The number of aromatic amines is 1. The topological polar surface area (TPSA) is 97.3 Å². The molecule has 0 atom stereocenters. The lowest BCUT2D eigenvalue weighted by atomic mass is 10.2. The van der Waals surface area contributed by atoms with E-state index < -0.39 is 12.1 Å². The van der Waals surface area contributed by atoms with Crippen LogP contribution in [0.3, 0.4) is 0 Å². The number of imidazole rings is 1. The maximum absolute atomic E-state index is 10.6. The molecule has 0 radical (unpaired) electrons. The van der Waals surface area contributed by atoms with Gasteiger partial charge in [-0.3, -0.25) is 0 Å². The number of ether oxygens (including phenoxy) is 2. The number of benzene rings is 2. The third-order valence-electron chi connectivity index (χ3n) is 4.64. The van der Waals surface area contributed by atoms with E-state index in [2.05, 4.69) is 28.8 Å². The monoisotopic (exact) mass is 499 g/mol. The number of H-pyrrole nitrogens is 1. The Bertz CT molecular complexity index is 1300. The molecule has 7 nitrogen and oxygen atoms in total. The van der Waals surface area contributed by atoms with E-state index in [1.54, 1.807) is 6.20 Å². The summed E-state index contributed by atoms with van der Waals surface area (Å²) >= 11 is 0. The van der Waals surface area contributed by atoms with Crippen molar-refractivity contribution in [3.05, 3.63) is 84.1 Å². The highest BCUT2D eigenvalue weighted by atomic mass is 19.4. The van der Waals surface area contributed by atoms with E-state index in [-0.39, 0.29) is 0 Å². The molecule has 188 valence electrons. The number of carboxylic acid groups (broad SMARTS) is 1. The molecule has 0 aliphatic rings. The predicted molar refractivity (Wildman–Crippen MR) is 129 cm³/mol. The molecule has 0 spiro atoms. The molecule has 0 aliphatic carbocycles. The van der Waals surface area contributed by atoms with E-state index in [0.29, 0.717) is 13.2 Å². The van der Waals surface area contributed by atoms with Crippen molar-refractivity contribution in [2.75, 3.05) is 6.61 Å². The first-order valence-corrected chi connectivity index (χ1v) is 10.8. The Kier molecular flexibility index (Phi) is 8.66. The van der Waals surface area contributed by atoms with Crippen molar-refractivity contribution in [2.45, 2.75) is 26.6 Å². The molecule has 0 saturated heterocycles. The fourth-order valence-corrected chi connectivity index (χ4v) is 2.90. The minimum absolute atomic E-state index is 0.486. The molecular formula is C26H24F3N3O4. The number of nitrogens with one attached hydrogen (secondary N) is 1. The molecule has 0 saturated carbocycles. The summed E-state index contributed by atoms with van der Waals surface area (Å²) in [6.07, 6.45) is -1.29. The Labute approximate surface area is 205 Å². The van der Waals surface area contributed by atoms with Crippen molar-refractivity contribution in [3.63, 3.8) is 0 Å². The Morgan fingerprint density at radius 3 is 2.31 bits per heavy atom.